The molecule has 0 saturated heterocycles. The fourth-order valence-corrected chi connectivity index (χ4v) is 5.32. The molecule has 5 aromatic rings. The van der Waals surface area contributed by atoms with Crippen LogP contribution in [0.15, 0.2) is 79.4 Å². The lowest BCUT2D eigenvalue weighted by Gasteiger charge is -2.02. The van der Waals surface area contributed by atoms with E-state index in [1.54, 1.807) is 0 Å². The Morgan fingerprint density at radius 1 is 0.652 bits per heavy atom. The van der Waals surface area contributed by atoms with E-state index in [1.165, 1.54) is 5.30 Å². The molecule has 0 aliphatic carbocycles. The van der Waals surface area contributed by atoms with Gasteiger partial charge in [-0.2, -0.15) is 0 Å². The zero-order chi connectivity index (χ0) is 15.2. The van der Waals surface area contributed by atoms with E-state index in [2.05, 4.69) is 57.3 Å². The van der Waals surface area contributed by atoms with E-state index >= 15 is 0 Å². The molecule has 0 unspecified atom stereocenters. The van der Waals surface area contributed by atoms with Crippen molar-refractivity contribution in [3.63, 3.8) is 0 Å². The van der Waals surface area contributed by atoms with Crippen molar-refractivity contribution in [3.8, 4) is 5.30 Å². The van der Waals surface area contributed by atoms with Gasteiger partial charge in [-0.15, -0.1) is 0 Å². The number of nitrogens with zero attached hydrogens (tertiary/aromatic N) is 4. The molecular formula is C18H13N4P. The van der Waals surface area contributed by atoms with Crippen molar-refractivity contribution in [2.45, 2.75) is 0 Å². The molecule has 0 amide bonds. The molecule has 5 heteroatoms. The first kappa shape index (κ1) is 12.7. The highest BCUT2D eigenvalue weighted by Gasteiger charge is 2.13. The Labute approximate surface area is 133 Å². The van der Waals surface area contributed by atoms with Gasteiger partial charge in [-0.25, -0.2) is 9.97 Å². The maximum Gasteiger partial charge on any atom is 0.164 e. The van der Waals surface area contributed by atoms with Crippen LogP contribution < -0.4 is 0 Å². The molecular weight excluding hydrogens is 303 g/mol. The number of para-hydroxylation sites is 2. The van der Waals surface area contributed by atoms with Crippen LogP contribution in [0.2, 0.25) is 0 Å². The van der Waals surface area contributed by atoms with Crippen LogP contribution in [0.1, 0.15) is 0 Å². The summed E-state index contributed by atoms with van der Waals surface area (Å²) in [6.45, 7) is 0. The molecule has 5 rings (SSSR count). The lowest BCUT2D eigenvalue weighted by molar-refractivity contribution is 1.24. The molecule has 0 atom stereocenters. The maximum atomic E-state index is 4.69. The second-order valence-electron chi connectivity index (χ2n) is 5.35. The maximum absolute atomic E-state index is 4.69. The average Bonchev–Trinajstić information content (AvgIpc) is 3.25. The smallest absolute Gasteiger partial charge is 0.164 e. The fourth-order valence-electron chi connectivity index (χ4n) is 3.07. The molecule has 0 spiro atoms. The number of rotatable bonds is 1. The van der Waals surface area contributed by atoms with Crippen LogP contribution >= 0.6 is 7.53 Å². The van der Waals surface area contributed by atoms with Crippen molar-refractivity contribution in [3.05, 3.63) is 79.4 Å². The number of fused-ring (bicyclic) bond motifs is 5. The zero-order valence-electron chi connectivity index (χ0n) is 12.2. The Bertz CT molecular complexity index is 1090. The van der Waals surface area contributed by atoms with Crippen molar-refractivity contribution in [1.29, 1.82) is 0 Å². The third-order valence-corrected chi connectivity index (χ3v) is 6.33. The monoisotopic (exact) mass is 316 g/mol. The molecule has 3 aromatic heterocycles. The molecule has 0 aliphatic rings. The van der Waals surface area contributed by atoms with Gasteiger partial charge < -0.3 is 0 Å². The van der Waals surface area contributed by atoms with Crippen molar-refractivity contribution >= 4 is 29.3 Å². The summed E-state index contributed by atoms with van der Waals surface area (Å²) in [5, 5.41) is 3.38. The van der Waals surface area contributed by atoms with Gasteiger partial charge in [0.2, 0.25) is 0 Å². The number of aromatic nitrogens is 4. The number of hydrogen-bond donors (Lipinski definition) is 0. The first-order valence-corrected chi connectivity index (χ1v) is 8.79. The Kier molecular flexibility index (Phi) is 2.66. The Hall–Kier alpha value is -2.84. The molecule has 0 radical (unpaired) electrons. The highest BCUT2D eigenvalue weighted by molar-refractivity contribution is 7.65. The largest absolute Gasteiger partial charge is 0.295 e. The molecule has 4 nitrogen and oxygen atoms in total. The summed E-state index contributed by atoms with van der Waals surface area (Å²) in [6, 6.07) is 18.9. The SMILES string of the molecule is c1ccc(-p2c3nccn3c3ccccc3n3ccnc32)cc1. The van der Waals surface area contributed by atoms with Crippen molar-refractivity contribution in [2.24, 2.45) is 0 Å². The Morgan fingerprint density at radius 2 is 1.17 bits per heavy atom. The molecule has 0 N–H and O–H groups in total. The predicted octanol–water partition coefficient (Wildman–Crippen LogP) is 4.67. The lowest BCUT2D eigenvalue weighted by atomic mass is 10.3. The molecule has 0 aliphatic heterocycles. The number of hydrogen-bond acceptors (Lipinski definition) is 2. The quantitative estimate of drug-likeness (QED) is 0.450. The van der Waals surface area contributed by atoms with E-state index in [0.29, 0.717) is 0 Å². The Morgan fingerprint density at radius 3 is 1.74 bits per heavy atom. The standard InChI is InChI=1S/C18H13N4P/c1-2-6-14(7-3-1)23-17-19-10-12-21(17)15-8-4-5-9-16(15)22-13-11-20-18(22)23/h1-13H. The minimum absolute atomic E-state index is 0.794. The van der Waals surface area contributed by atoms with Gasteiger partial charge in [-0.1, -0.05) is 42.5 Å². The van der Waals surface area contributed by atoms with Crippen LogP contribution in [-0.4, -0.2) is 18.8 Å². The Balaban J connectivity index is 2.15. The van der Waals surface area contributed by atoms with Gasteiger partial charge in [0.15, 0.2) is 10.8 Å². The van der Waals surface area contributed by atoms with E-state index in [4.69, 9.17) is 9.97 Å². The molecule has 3 heterocycles. The van der Waals surface area contributed by atoms with Crippen LogP contribution in [0.5, 0.6) is 0 Å². The average molecular weight is 316 g/mol. The van der Waals surface area contributed by atoms with Crippen molar-refractivity contribution in [2.75, 3.05) is 0 Å². The molecule has 0 bridgehead atoms. The van der Waals surface area contributed by atoms with Crippen LogP contribution in [-0.2, 0) is 0 Å². The minimum atomic E-state index is -0.794. The third-order valence-electron chi connectivity index (χ3n) is 4.06. The summed E-state index contributed by atoms with van der Waals surface area (Å²) in [7, 11) is -0.794. The second-order valence-corrected chi connectivity index (χ2v) is 7.34. The van der Waals surface area contributed by atoms with Crippen LogP contribution in [0.4, 0.5) is 0 Å². The molecule has 2 aromatic carbocycles. The van der Waals surface area contributed by atoms with Crippen molar-refractivity contribution in [1.82, 2.24) is 18.8 Å². The summed E-state index contributed by atoms with van der Waals surface area (Å²) in [6.07, 6.45) is 7.84. The second kappa shape index (κ2) is 4.83. The van der Waals surface area contributed by atoms with E-state index in [0.717, 1.165) is 21.8 Å². The predicted molar refractivity (Wildman–Crippen MR) is 94.3 cm³/mol. The molecule has 0 saturated carbocycles. The summed E-state index contributed by atoms with van der Waals surface area (Å²) in [5.41, 5.74) is 2.28. The minimum Gasteiger partial charge on any atom is -0.295 e. The fraction of sp³-hybridized carbons (Fsp3) is 0. The van der Waals surface area contributed by atoms with Gasteiger partial charge in [0, 0.05) is 30.1 Å². The topological polar surface area (TPSA) is 34.6 Å². The van der Waals surface area contributed by atoms with Gasteiger partial charge >= 0.3 is 0 Å². The van der Waals surface area contributed by atoms with Crippen LogP contribution in [0.3, 0.4) is 0 Å². The number of imidazole rings is 2. The van der Waals surface area contributed by atoms with Crippen LogP contribution in [0.25, 0.3) is 27.1 Å². The van der Waals surface area contributed by atoms with Gasteiger partial charge in [0.05, 0.1) is 11.0 Å². The third kappa shape index (κ3) is 1.79. The molecule has 23 heavy (non-hydrogen) atoms. The number of benzene rings is 2. The first-order valence-electron chi connectivity index (χ1n) is 7.45. The highest BCUT2D eigenvalue weighted by Crippen LogP contribution is 2.46. The van der Waals surface area contributed by atoms with Crippen molar-refractivity contribution < 1.29 is 0 Å². The van der Waals surface area contributed by atoms with Gasteiger partial charge in [-0.3, -0.25) is 8.80 Å². The first-order chi connectivity index (χ1) is 11.4. The van der Waals surface area contributed by atoms with Gasteiger partial charge in [0.25, 0.3) is 0 Å². The van der Waals surface area contributed by atoms with E-state index < -0.39 is 7.53 Å². The lowest BCUT2D eigenvalue weighted by Crippen LogP contribution is -1.84. The summed E-state index contributed by atoms with van der Waals surface area (Å²) < 4.78 is 4.39. The summed E-state index contributed by atoms with van der Waals surface area (Å²) >= 11 is 0. The highest BCUT2D eigenvalue weighted by atomic mass is 31.1. The van der Waals surface area contributed by atoms with Crippen LogP contribution in [0, 0.1) is 0 Å². The van der Waals surface area contributed by atoms with E-state index in [1.807, 2.05) is 30.9 Å². The van der Waals surface area contributed by atoms with E-state index in [-0.39, 0.29) is 0 Å². The molecule has 110 valence electrons. The summed E-state index contributed by atoms with van der Waals surface area (Å²) in [4.78, 5) is 9.38. The normalized spacial score (nSPS) is 11.5. The van der Waals surface area contributed by atoms with E-state index in [9.17, 15) is 0 Å². The van der Waals surface area contributed by atoms with Gasteiger partial charge in [0.1, 0.15) is 0 Å². The zero-order valence-corrected chi connectivity index (χ0v) is 13.1. The summed E-state index contributed by atoms with van der Waals surface area (Å²) in [5.74, 6) is 0. The molecule has 0 fully saturated rings. The van der Waals surface area contributed by atoms with Gasteiger partial charge in [-0.05, 0) is 19.7 Å².